The van der Waals surface area contributed by atoms with Crippen LogP contribution in [0.25, 0.3) is 11.0 Å². The lowest BCUT2D eigenvalue weighted by Gasteiger charge is -2.06. The maximum absolute atomic E-state index is 11.9. The minimum Gasteiger partial charge on any atom is -0.461 e. The van der Waals surface area contributed by atoms with Crippen molar-refractivity contribution in [3.63, 3.8) is 0 Å². The smallest absolute Gasteiger partial charge is 0.210 e. The molecular weight excluding hydrogens is 270 g/mol. The van der Waals surface area contributed by atoms with Crippen molar-refractivity contribution in [3.05, 3.63) is 43.7 Å². The Kier molecular flexibility index (Phi) is 2.56. The van der Waals surface area contributed by atoms with Gasteiger partial charge in [-0.3, -0.25) is 4.79 Å². The third kappa shape index (κ3) is 1.44. The second-order valence-corrected chi connectivity index (χ2v) is 4.39. The maximum Gasteiger partial charge on any atom is 0.210 e. The highest BCUT2D eigenvalue weighted by Gasteiger charge is 2.12. The Morgan fingerprint density at radius 1 is 1.44 bits per heavy atom. The summed E-state index contributed by atoms with van der Waals surface area (Å²) in [7, 11) is 0. The summed E-state index contributed by atoms with van der Waals surface area (Å²) >= 11 is 3.40. The van der Waals surface area contributed by atoms with E-state index >= 15 is 0 Å². The summed E-state index contributed by atoms with van der Waals surface area (Å²) in [6, 6.07) is 3.57. The minimum absolute atomic E-state index is 0.0302. The predicted molar refractivity (Wildman–Crippen MR) is 64.4 cm³/mol. The first-order valence-corrected chi connectivity index (χ1v) is 5.47. The molecule has 0 radical (unpaired) electrons. The van der Waals surface area contributed by atoms with Crippen molar-refractivity contribution in [2.24, 2.45) is 0 Å². The molecule has 0 saturated carbocycles. The van der Waals surface area contributed by atoms with E-state index in [0.29, 0.717) is 11.0 Å². The van der Waals surface area contributed by atoms with Crippen molar-refractivity contribution in [2.75, 3.05) is 0 Å². The van der Waals surface area contributed by atoms with Gasteiger partial charge in [0.2, 0.25) is 5.43 Å². The first kappa shape index (κ1) is 10.9. The first-order chi connectivity index (χ1) is 7.56. The number of aryl methyl sites for hydroxylation is 1. The zero-order valence-corrected chi connectivity index (χ0v) is 10.4. The molecule has 0 saturated heterocycles. The number of nitrogens with zero attached hydrogens (tertiary/aromatic N) is 1. The first-order valence-electron chi connectivity index (χ1n) is 4.67. The molecule has 0 aliphatic carbocycles. The fourth-order valence-electron chi connectivity index (χ4n) is 1.53. The van der Waals surface area contributed by atoms with Crippen LogP contribution in [0.2, 0.25) is 0 Å². The van der Waals surface area contributed by atoms with Crippen molar-refractivity contribution < 1.29 is 4.42 Å². The Morgan fingerprint density at radius 3 is 2.75 bits per heavy atom. The maximum atomic E-state index is 11.9. The van der Waals surface area contributed by atoms with E-state index in [2.05, 4.69) is 15.9 Å². The van der Waals surface area contributed by atoms with E-state index < -0.39 is 0 Å². The van der Waals surface area contributed by atoms with Crippen LogP contribution >= 0.6 is 15.9 Å². The van der Waals surface area contributed by atoms with Gasteiger partial charge in [0, 0.05) is 0 Å². The van der Waals surface area contributed by atoms with Crippen LogP contribution in [0, 0.1) is 25.2 Å². The van der Waals surface area contributed by atoms with Crippen molar-refractivity contribution in [3.8, 4) is 6.07 Å². The van der Waals surface area contributed by atoms with Gasteiger partial charge in [0.15, 0.2) is 5.58 Å². The predicted octanol–water partition coefficient (Wildman–Crippen LogP) is 3.04. The van der Waals surface area contributed by atoms with Crippen molar-refractivity contribution in [1.29, 1.82) is 5.26 Å². The van der Waals surface area contributed by atoms with Gasteiger partial charge >= 0.3 is 0 Å². The molecule has 0 aliphatic rings. The van der Waals surface area contributed by atoms with E-state index in [9.17, 15) is 4.79 Å². The van der Waals surface area contributed by atoms with Gasteiger partial charge in [-0.15, -0.1) is 0 Å². The Balaban J connectivity index is 3.04. The lowest BCUT2D eigenvalue weighted by Crippen LogP contribution is -2.06. The van der Waals surface area contributed by atoms with E-state index in [1.165, 1.54) is 6.26 Å². The highest BCUT2D eigenvalue weighted by Crippen LogP contribution is 2.28. The molecule has 4 heteroatoms. The molecule has 0 bridgehead atoms. The number of hydrogen-bond acceptors (Lipinski definition) is 3. The summed E-state index contributed by atoms with van der Waals surface area (Å²) < 4.78 is 6.08. The van der Waals surface area contributed by atoms with Crippen molar-refractivity contribution in [1.82, 2.24) is 0 Å². The fraction of sp³-hybridized carbons (Fsp3) is 0.167. The highest BCUT2D eigenvalue weighted by molar-refractivity contribution is 9.10. The monoisotopic (exact) mass is 277 g/mol. The van der Waals surface area contributed by atoms with Crippen LogP contribution in [0.15, 0.2) is 26.0 Å². The summed E-state index contributed by atoms with van der Waals surface area (Å²) in [6.07, 6.45) is 1.20. The number of fused-ring (bicyclic) bond motifs is 1. The van der Waals surface area contributed by atoms with Gasteiger partial charge in [0.25, 0.3) is 0 Å². The van der Waals surface area contributed by atoms with E-state index in [0.717, 1.165) is 15.6 Å². The second kappa shape index (κ2) is 3.76. The van der Waals surface area contributed by atoms with Gasteiger partial charge in [-0.2, -0.15) is 5.26 Å². The molecule has 16 heavy (non-hydrogen) atoms. The quantitative estimate of drug-likeness (QED) is 0.744. The molecule has 1 heterocycles. The van der Waals surface area contributed by atoms with Gasteiger partial charge in [-0.05, 0) is 47.0 Å². The summed E-state index contributed by atoms with van der Waals surface area (Å²) in [6.45, 7) is 3.86. The average Bonchev–Trinajstić information content (AvgIpc) is 2.28. The Labute approximate surface area is 100 Å². The molecule has 2 rings (SSSR count). The zero-order chi connectivity index (χ0) is 11.9. The minimum atomic E-state index is -0.285. The topological polar surface area (TPSA) is 54.0 Å². The molecule has 0 N–H and O–H groups in total. The van der Waals surface area contributed by atoms with Crippen LogP contribution in [0.1, 0.15) is 16.7 Å². The molecule has 0 amide bonds. The normalized spacial score (nSPS) is 10.4. The molecule has 0 fully saturated rings. The lowest BCUT2D eigenvalue weighted by molar-refractivity contribution is 0.598. The summed E-state index contributed by atoms with van der Waals surface area (Å²) in [4.78, 5) is 11.9. The fourth-order valence-corrected chi connectivity index (χ4v) is 2.15. The van der Waals surface area contributed by atoms with E-state index in [4.69, 9.17) is 9.68 Å². The van der Waals surface area contributed by atoms with Crippen molar-refractivity contribution in [2.45, 2.75) is 13.8 Å². The summed E-state index contributed by atoms with van der Waals surface area (Å²) in [5, 5.41) is 9.19. The van der Waals surface area contributed by atoms with Crippen LogP contribution in [-0.4, -0.2) is 0 Å². The average molecular weight is 278 g/mol. The third-order valence-corrected chi connectivity index (χ3v) is 3.58. The van der Waals surface area contributed by atoms with Crippen LogP contribution in [0.5, 0.6) is 0 Å². The molecule has 0 atom stereocenters. The number of benzene rings is 1. The summed E-state index contributed by atoms with van der Waals surface area (Å²) in [5.74, 6) is 0. The number of rotatable bonds is 0. The van der Waals surface area contributed by atoms with Crippen LogP contribution in [0.4, 0.5) is 0 Å². The molecule has 0 aliphatic heterocycles. The number of halogens is 1. The molecule has 80 valence electrons. The summed E-state index contributed by atoms with van der Waals surface area (Å²) in [5.41, 5.74) is 2.25. The molecular formula is C12H8BrNO2. The zero-order valence-electron chi connectivity index (χ0n) is 8.80. The van der Waals surface area contributed by atoms with Crippen LogP contribution in [-0.2, 0) is 0 Å². The van der Waals surface area contributed by atoms with E-state index in [1.54, 1.807) is 6.07 Å². The molecule has 3 nitrogen and oxygen atoms in total. The van der Waals surface area contributed by atoms with Gasteiger partial charge in [-0.25, -0.2) is 0 Å². The molecule has 1 aromatic heterocycles. The van der Waals surface area contributed by atoms with Crippen LogP contribution < -0.4 is 5.43 Å². The lowest BCUT2D eigenvalue weighted by atomic mass is 10.1. The van der Waals surface area contributed by atoms with Crippen LogP contribution in [0.3, 0.4) is 0 Å². The number of nitriles is 1. The van der Waals surface area contributed by atoms with Crippen molar-refractivity contribution >= 4 is 26.9 Å². The third-order valence-electron chi connectivity index (χ3n) is 2.63. The molecule has 0 unspecified atom stereocenters. The Hall–Kier alpha value is -1.60. The Morgan fingerprint density at radius 2 is 2.12 bits per heavy atom. The molecule has 0 spiro atoms. The SMILES string of the molecule is Cc1cc2c(=O)c(C#N)coc2c(Br)c1C. The standard InChI is InChI=1S/C12H8BrNO2/c1-6-3-9-11(15)8(4-14)5-16-12(9)10(13)7(6)2/h3,5H,1-2H3. The van der Waals surface area contributed by atoms with E-state index in [-0.39, 0.29) is 11.0 Å². The largest absolute Gasteiger partial charge is 0.461 e. The number of hydrogen-bond donors (Lipinski definition) is 0. The Bertz CT molecular complexity index is 680. The highest BCUT2D eigenvalue weighted by atomic mass is 79.9. The molecule has 2 aromatic rings. The van der Waals surface area contributed by atoms with Gasteiger partial charge < -0.3 is 4.42 Å². The molecule has 1 aromatic carbocycles. The second-order valence-electron chi connectivity index (χ2n) is 3.60. The van der Waals surface area contributed by atoms with Gasteiger partial charge in [0.05, 0.1) is 9.86 Å². The van der Waals surface area contributed by atoms with Gasteiger partial charge in [0.1, 0.15) is 17.9 Å². The van der Waals surface area contributed by atoms with E-state index in [1.807, 2.05) is 19.9 Å². The van der Waals surface area contributed by atoms with Gasteiger partial charge in [-0.1, -0.05) is 0 Å².